The molecule has 2 aromatic carbocycles. The van der Waals surface area contributed by atoms with Gasteiger partial charge < -0.3 is 14.2 Å². The molecule has 0 aliphatic carbocycles. The van der Waals surface area contributed by atoms with Gasteiger partial charge in [-0.1, -0.05) is 34.1 Å². The summed E-state index contributed by atoms with van der Waals surface area (Å²) in [5.41, 5.74) is 2.98. The number of halogens is 1. The molecule has 3 aromatic rings. The second-order valence-corrected chi connectivity index (χ2v) is 7.99. The summed E-state index contributed by atoms with van der Waals surface area (Å²) in [4.78, 5) is 16.1. The molecule has 0 saturated carbocycles. The molecule has 0 amide bonds. The molecule has 8 heteroatoms. The molecule has 0 spiro atoms. The lowest BCUT2D eigenvalue weighted by atomic mass is 10.1. The number of ether oxygens (including phenoxy) is 3. The molecular weight excluding hydrogens is 480 g/mol. The van der Waals surface area contributed by atoms with E-state index in [-0.39, 0.29) is 6.61 Å². The van der Waals surface area contributed by atoms with Gasteiger partial charge in [-0.3, -0.25) is 0 Å². The number of allylic oxidation sites excluding steroid dienone is 1. The molecule has 0 N–H and O–H groups in total. The van der Waals surface area contributed by atoms with Crippen molar-refractivity contribution in [1.82, 2.24) is 4.98 Å². The number of aromatic nitrogens is 1. The number of esters is 1. The molecule has 0 atom stereocenters. The fourth-order valence-corrected chi connectivity index (χ4v) is 3.75. The number of rotatable bonds is 8. The van der Waals surface area contributed by atoms with Gasteiger partial charge in [0.1, 0.15) is 11.1 Å². The fourth-order valence-electron chi connectivity index (χ4n) is 2.69. The van der Waals surface area contributed by atoms with Gasteiger partial charge in [-0.15, -0.1) is 11.3 Å². The van der Waals surface area contributed by atoms with E-state index >= 15 is 0 Å². The summed E-state index contributed by atoms with van der Waals surface area (Å²) in [5.74, 6) is 0.411. The van der Waals surface area contributed by atoms with E-state index in [0.29, 0.717) is 28.7 Å². The minimum Gasteiger partial charge on any atom is -0.493 e. The zero-order valence-electron chi connectivity index (χ0n) is 16.9. The first-order valence-electron chi connectivity index (χ1n) is 9.34. The molecule has 3 rings (SSSR count). The Labute approximate surface area is 192 Å². The van der Waals surface area contributed by atoms with Gasteiger partial charge in [-0.2, -0.15) is 5.26 Å². The van der Waals surface area contributed by atoms with Crippen LogP contribution < -0.4 is 9.47 Å². The van der Waals surface area contributed by atoms with Crippen molar-refractivity contribution in [3.05, 3.63) is 62.9 Å². The van der Waals surface area contributed by atoms with E-state index in [1.54, 1.807) is 31.2 Å². The third-order valence-corrected chi connectivity index (χ3v) is 5.55. The lowest BCUT2D eigenvalue weighted by molar-refractivity contribution is -0.145. The minimum absolute atomic E-state index is 0.208. The van der Waals surface area contributed by atoms with Crippen molar-refractivity contribution in [1.29, 1.82) is 5.26 Å². The predicted octanol–water partition coefficient (Wildman–Crippen LogP) is 5.59. The minimum atomic E-state index is -0.453. The summed E-state index contributed by atoms with van der Waals surface area (Å²) in [6.45, 7) is 1.82. The smallest absolute Gasteiger partial charge is 0.344 e. The van der Waals surface area contributed by atoms with E-state index in [9.17, 15) is 10.1 Å². The maximum Gasteiger partial charge on any atom is 0.344 e. The molecule has 158 valence electrons. The van der Waals surface area contributed by atoms with Gasteiger partial charge in [0.05, 0.1) is 25.0 Å². The molecule has 6 nitrogen and oxygen atoms in total. The number of benzene rings is 2. The Bertz CT molecular complexity index is 1130. The second-order valence-electron chi connectivity index (χ2n) is 6.22. The lowest BCUT2D eigenvalue weighted by Crippen LogP contribution is -2.14. The van der Waals surface area contributed by atoms with Crippen LogP contribution in [0.5, 0.6) is 11.5 Å². The van der Waals surface area contributed by atoms with Crippen LogP contribution in [-0.2, 0) is 9.53 Å². The van der Waals surface area contributed by atoms with Gasteiger partial charge in [0.2, 0.25) is 0 Å². The summed E-state index contributed by atoms with van der Waals surface area (Å²) < 4.78 is 16.7. The van der Waals surface area contributed by atoms with Crippen LogP contribution in [-0.4, -0.2) is 31.3 Å². The third kappa shape index (κ3) is 5.94. The molecule has 0 aliphatic rings. The van der Waals surface area contributed by atoms with E-state index in [0.717, 1.165) is 21.3 Å². The van der Waals surface area contributed by atoms with E-state index in [4.69, 9.17) is 14.2 Å². The molecule has 0 unspecified atom stereocenters. The maximum atomic E-state index is 11.5. The summed E-state index contributed by atoms with van der Waals surface area (Å²) in [7, 11) is 1.51. The van der Waals surface area contributed by atoms with Crippen LogP contribution >= 0.6 is 27.3 Å². The van der Waals surface area contributed by atoms with Crippen LogP contribution in [0.3, 0.4) is 0 Å². The standard InChI is InChI=1S/C23H19BrN2O4S/c1-3-29-22(27)13-30-20-9-4-15(11-21(20)28-2)10-17(12-25)23-26-19(14-31-23)16-5-7-18(24)8-6-16/h4-11,14H,3,13H2,1-2H3/b17-10+. The van der Waals surface area contributed by atoms with E-state index in [1.165, 1.54) is 18.4 Å². The largest absolute Gasteiger partial charge is 0.493 e. The van der Waals surface area contributed by atoms with Crippen molar-refractivity contribution < 1.29 is 19.0 Å². The molecule has 1 aromatic heterocycles. The number of nitrogens with zero attached hydrogens (tertiary/aromatic N) is 2. The van der Waals surface area contributed by atoms with Crippen molar-refractivity contribution in [3.8, 4) is 28.8 Å². The van der Waals surface area contributed by atoms with E-state index in [1.807, 2.05) is 29.6 Å². The Kier molecular flexibility index (Phi) is 7.82. The molecular formula is C23H19BrN2O4S. The van der Waals surface area contributed by atoms with E-state index in [2.05, 4.69) is 27.0 Å². The monoisotopic (exact) mass is 498 g/mol. The van der Waals surface area contributed by atoms with Gasteiger partial charge in [-0.05, 0) is 42.8 Å². The molecule has 0 aliphatic heterocycles. The van der Waals surface area contributed by atoms with Crippen LogP contribution in [0.15, 0.2) is 52.3 Å². The number of nitriles is 1. The Morgan fingerprint density at radius 2 is 2.00 bits per heavy atom. The summed E-state index contributed by atoms with van der Waals surface area (Å²) in [5, 5.41) is 12.2. The second kappa shape index (κ2) is 10.8. The fraction of sp³-hybridized carbons (Fsp3) is 0.174. The zero-order valence-corrected chi connectivity index (χ0v) is 19.3. The Balaban J connectivity index is 1.81. The van der Waals surface area contributed by atoms with Crippen molar-refractivity contribution in [2.24, 2.45) is 0 Å². The predicted molar refractivity (Wildman–Crippen MR) is 124 cm³/mol. The first-order chi connectivity index (χ1) is 15.0. The number of methoxy groups -OCH3 is 1. The first-order valence-corrected chi connectivity index (χ1v) is 11.0. The van der Waals surface area contributed by atoms with Crippen molar-refractivity contribution in [3.63, 3.8) is 0 Å². The molecule has 0 radical (unpaired) electrons. The normalized spacial score (nSPS) is 11.0. The van der Waals surface area contributed by atoms with Crippen LogP contribution in [0.4, 0.5) is 0 Å². The molecule has 31 heavy (non-hydrogen) atoms. The highest BCUT2D eigenvalue weighted by Gasteiger charge is 2.12. The van der Waals surface area contributed by atoms with Crippen molar-refractivity contribution >= 4 is 44.9 Å². The number of hydrogen-bond donors (Lipinski definition) is 0. The van der Waals surface area contributed by atoms with Crippen molar-refractivity contribution in [2.75, 3.05) is 20.3 Å². The Morgan fingerprint density at radius 1 is 1.23 bits per heavy atom. The maximum absolute atomic E-state index is 11.5. The number of carbonyl (C=O) groups is 1. The molecule has 1 heterocycles. The van der Waals surface area contributed by atoms with Gasteiger partial charge in [0.15, 0.2) is 18.1 Å². The third-order valence-electron chi connectivity index (χ3n) is 4.14. The van der Waals surface area contributed by atoms with Crippen LogP contribution in [0.1, 0.15) is 17.5 Å². The first kappa shape index (κ1) is 22.5. The highest BCUT2D eigenvalue weighted by atomic mass is 79.9. The van der Waals surface area contributed by atoms with Crippen LogP contribution in [0.25, 0.3) is 22.9 Å². The van der Waals surface area contributed by atoms with Gasteiger partial charge in [0.25, 0.3) is 0 Å². The topological polar surface area (TPSA) is 81.4 Å². The Hall–Kier alpha value is -3.15. The highest BCUT2D eigenvalue weighted by molar-refractivity contribution is 9.10. The van der Waals surface area contributed by atoms with E-state index < -0.39 is 5.97 Å². The van der Waals surface area contributed by atoms with Gasteiger partial charge in [-0.25, -0.2) is 9.78 Å². The quantitative estimate of drug-likeness (QED) is 0.297. The average molecular weight is 499 g/mol. The van der Waals surface area contributed by atoms with Gasteiger partial charge >= 0.3 is 5.97 Å². The summed E-state index contributed by atoms with van der Waals surface area (Å²) in [6, 6.07) is 15.3. The van der Waals surface area contributed by atoms with Crippen LogP contribution in [0, 0.1) is 11.3 Å². The summed E-state index contributed by atoms with van der Waals surface area (Å²) >= 11 is 4.83. The number of hydrogen-bond acceptors (Lipinski definition) is 7. The highest BCUT2D eigenvalue weighted by Crippen LogP contribution is 2.31. The average Bonchev–Trinajstić information content (AvgIpc) is 3.27. The van der Waals surface area contributed by atoms with Crippen molar-refractivity contribution in [2.45, 2.75) is 6.92 Å². The zero-order chi connectivity index (χ0) is 22.2. The molecule has 0 fully saturated rings. The number of thiazole rings is 1. The Morgan fingerprint density at radius 3 is 2.68 bits per heavy atom. The van der Waals surface area contributed by atoms with Gasteiger partial charge in [0, 0.05) is 15.4 Å². The van der Waals surface area contributed by atoms with Crippen LogP contribution in [0.2, 0.25) is 0 Å². The SMILES string of the molecule is CCOC(=O)COc1ccc(/C=C(\C#N)c2nc(-c3ccc(Br)cc3)cs2)cc1OC. The summed E-state index contributed by atoms with van der Waals surface area (Å²) in [6.07, 6.45) is 1.74. The number of carbonyl (C=O) groups excluding carboxylic acids is 1. The molecule has 0 saturated heterocycles. The lowest BCUT2D eigenvalue weighted by Gasteiger charge is -2.11. The molecule has 0 bridgehead atoms.